The number of aromatic nitrogens is 10. The molecule has 782 valence electrons. The number of amides is 5. The van der Waals surface area contributed by atoms with Gasteiger partial charge in [-0.15, -0.1) is 0 Å². The highest BCUT2D eigenvalue weighted by molar-refractivity contribution is 14.2. The number of aromatic amines is 2. The topological polar surface area (TPSA) is 451 Å². The van der Waals surface area contributed by atoms with Crippen molar-refractivity contribution in [3.05, 3.63) is 301 Å². The second-order valence-corrected chi connectivity index (χ2v) is 39.5. The Morgan fingerprint density at radius 3 is 1.17 bits per heavy atom. The van der Waals surface area contributed by atoms with Gasteiger partial charge in [0.2, 0.25) is 29.5 Å². The number of ether oxygens (including phenoxy) is 4. The average molecular weight is 2340 g/mol. The number of carboxylic acids is 1. The molecule has 51 heteroatoms. The minimum atomic E-state index is -1.27. The number of alkyl halides is 2. The fraction of sp³-hybridized carbons (Fsp3) is 0.245. The number of carbonyl (C=O) groups excluding carboxylic acids is 5. The van der Waals surface area contributed by atoms with Gasteiger partial charge in [-0.25, -0.2) is 78.4 Å². The Morgan fingerprint density at radius 1 is 0.443 bits per heavy atom. The van der Waals surface area contributed by atoms with Gasteiger partial charge in [0.1, 0.15) is 120 Å². The number of hydrogen-bond donors (Lipinski definition) is 9. The molecular formula is C98H95F10I2N23O13S3. The molecule has 5 amide bonds. The van der Waals surface area contributed by atoms with E-state index in [4.69, 9.17) is 35.5 Å². The zero-order chi connectivity index (χ0) is 107. The van der Waals surface area contributed by atoms with Crippen molar-refractivity contribution in [2.75, 3.05) is 164 Å². The number of nitrogen functional groups attached to an aromatic ring is 2. The Balaban J connectivity index is 0.000000161. The van der Waals surface area contributed by atoms with E-state index in [0.29, 0.717) is 47.3 Å². The number of aromatic carboxylic acids is 1. The smallest absolute Gasteiger partial charge is 0.410 e. The summed E-state index contributed by atoms with van der Waals surface area (Å²) < 4.78 is 158. The van der Waals surface area contributed by atoms with Crippen molar-refractivity contribution in [3.63, 3.8) is 0 Å². The minimum Gasteiger partial charge on any atom is -0.477 e. The number of para-hydroxylation sites is 5. The Labute approximate surface area is 885 Å². The Morgan fingerprint density at radius 2 is 0.799 bits per heavy atom. The molecule has 0 atom stereocenters. The molecule has 19 rings (SSSR count). The van der Waals surface area contributed by atoms with E-state index in [-0.39, 0.29) is 76.9 Å². The van der Waals surface area contributed by atoms with Crippen molar-refractivity contribution in [3.8, 4) is 17.6 Å². The third-order valence-corrected chi connectivity index (χ3v) is 23.5. The first-order chi connectivity index (χ1) is 71.5. The normalized spacial score (nSPS) is 13.8. The van der Waals surface area contributed by atoms with Gasteiger partial charge < -0.3 is 86.4 Å². The van der Waals surface area contributed by atoms with Gasteiger partial charge in [-0.3, -0.25) is 43.5 Å². The molecule has 3 fully saturated rings. The molecule has 11 N–H and O–H groups in total. The third-order valence-electron chi connectivity index (χ3n) is 21.7. The maximum atomic E-state index is 14.2. The van der Waals surface area contributed by atoms with Crippen LogP contribution in [0.4, 0.5) is 123 Å². The van der Waals surface area contributed by atoms with Crippen LogP contribution < -0.4 is 87.5 Å². The van der Waals surface area contributed by atoms with Crippen LogP contribution in [0.15, 0.2) is 220 Å². The van der Waals surface area contributed by atoms with E-state index in [0.717, 1.165) is 137 Å². The number of hydrogen-bond acceptors (Lipinski definition) is 31. The summed E-state index contributed by atoms with van der Waals surface area (Å²) in [6.07, 6.45) is 14.9. The van der Waals surface area contributed by atoms with Crippen LogP contribution in [0.5, 0.6) is 17.6 Å². The molecular weight excluding hydrogens is 2250 g/mol. The van der Waals surface area contributed by atoms with Crippen molar-refractivity contribution in [2.24, 2.45) is 0 Å². The molecule has 36 nitrogen and oxygen atoms in total. The largest absolute Gasteiger partial charge is 0.477 e. The van der Waals surface area contributed by atoms with E-state index >= 15 is 0 Å². The van der Waals surface area contributed by atoms with E-state index in [2.05, 4.69) is 138 Å². The van der Waals surface area contributed by atoms with E-state index in [1.54, 1.807) is 23.7 Å². The highest BCUT2D eigenvalue weighted by Gasteiger charge is 2.37. The van der Waals surface area contributed by atoms with Gasteiger partial charge in [0.15, 0.2) is 35.7 Å². The van der Waals surface area contributed by atoms with Crippen LogP contribution in [0.2, 0.25) is 0 Å². The zero-order valence-electron chi connectivity index (χ0n) is 80.0. The number of piperidine rings is 1. The first-order valence-corrected chi connectivity index (χ1v) is 51.6. The molecule has 3 saturated heterocycles. The summed E-state index contributed by atoms with van der Waals surface area (Å²) >= 11 is 8.29. The number of halogens is 12. The summed E-state index contributed by atoms with van der Waals surface area (Å²) in [7, 11) is 0. The lowest BCUT2D eigenvalue weighted by Crippen LogP contribution is -2.50. The molecule has 0 unspecified atom stereocenters. The fourth-order valence-corrected chi connectivity index (χ4v) is 15.4. The van der Waals surface area contributed by atoms with E-state index in [9.17, 15) is 82.3 Å². The summed E-state index contributed by atoms with van der Waals surface area (Å²) in [5, 5.41) is 21.2. The highest BCUT2D eigenvalue weighted by Crippen LogP contribution is 2.37. The predicted molar refractivity (Wildman–Crippen MR) is 564 cm³/mol. The molecule has 149 heavy (non-hydrogen) atoms. The first kappa shape index (κ1) is 113. The van der Waals surface area contributed by atoms with E-state index in [1.165, 1.54) is 125 Å². The highest BCUT2D eigenvalue weighted by atomic mass is 127. The number of nitrogens with one attached hydrogen (secondary N) is 6. The fourth-order valence-electron chi connectivity index (χ4n) is 14.4. The molecule has 0 spiro atoms. The SMILES string of the molecule is CC(C)(C)OC(=O)N1CCN(c2ccc(Nc3ncc4c(n3)OCN(c3c(F)cccc3F)C4=O)cc2)CC1.CSc1ncc(C(=O)Nc2c(F)cccc2F)c(=O)[nH]1.CSc1ncc(C(=O)O)c(=O)[nH]1.CSc1ncc2c(n1)OCN(c1c(F)cccc1F)C2=O.ICI.Nc1c(F)cccc1F.Nc1ccc(N2CCCCC2)cc1.O=C1c2cnc(Nc3ccc(N4CCNCC4)cc3)nc2OCN1c1c(F)cccc1F. The van der Waals surface area contributed by atoms with Gasteiger partial charge in [0.25, 0.3) is 34.7 Å². The Hall–Kier alpha value is -14.9. The maximum absolute atomic E-state index is 14.2. The molecule has 5 aromatic heterocycles. The van der Waals surface area contributed by atoms with Crippen molar-refractivity contribution in [2.45, 2.75) is 61.1 Å². The van der Waals surface area contributed by atoms with Gasteiger partial charge in [0, 0.05) is 131 Å². The number of H-pyrrole nitrogens is 2. The third kappa shape index (κ3) is 30.5. The molecule has 8 aromatic carbocycles. The average Bonchev–Trinajstić information content (AvgIpc) is 0.780. The molecule has 0 saturated carbocycles. The van der Waals surface area contributed by atoms with Crippen LogP contribution in [0.25, 0.3) is 0 Å². The van der Waals surface area contributed by atoms with Gasteiger partial charge in [-0.05, 0) is 192 Å². The summed E-state index contributed by atoms with van der Waals surface area (Å²) in [4.78, 5) is 143. The van der Waals surface area contributed by atoms with Gasteiger partial charge in [-0.1, -0.05) is 111 Å². The summed E-state index contributed by atoms with van der Waals surface area (Å²) in [5.74, 6) is -11.9. The van der Waals surface area contributed by atoms with Crippen LogP contribution in [-0.4, -0.2) is 208 Å². The van der Waals surface area contributed by atoms with Crippen LogP contribution >= 0.6 is 80.5 Å². The first-order valence-electron chi connectivity index (χ1n) is 44.9. The zero-order valence-corrected chi connectivity index (χ0v) is 86.7. The molecule has 0 bridgehead atoms. The van der Waals surface area contributed by atoms with Crippen molar-refractivity contribution in [1.29, 1.82) is 0 Å². The molecule has 0 radical (unpaired) electrons. The Bertz CT molecular complexity index is 6940. The lowest BCUT2D eigenvalue weighted by molar-refractivity contribution is 0.0239. The number of anilines is 13. The molecule has 13 aromatic rings. The maximum Gasteiger partial charge on any atom is 0.410 e. The van der Waals surface area contributed by atoms with E-state index < -0.39 is 140 Å². The molecule has 6 aliphatic rings. The van der Waals surface area contributed by atoms with Crippen LogP contribution in [0, 0.1) is 58.2 Å². The molecule has 11 heterocycles. The van der Waals surface area contributed by atoms with Gasteiger partial charge >= 0.3 is 12.1 Å². The molecule has 6 aliphatic heterocycles. The van der Waals surface area contributed by atoms with Gasteiger partial charge in [-0.2, -0.15) is 15.0 Å². The lowest BCUT2D eigenvalue weighted by Gasteiger charge is -2.36. The van der Waals surface area contributed by atoms with Crippen LogP contribution in [0.1, 0.15) is 91.8 Å². The minimum absolute atomic E-state index is 0.00433. The number of nitrogens with zero attached hydrogens (tertiary/aromatic N) is 15. The number of nitrogens with two attached hydrogens (primary N) is 2. The number of carboxylic acid groups (broad SMARTS) is 1. The summed E-state index contributed by atoms with van der Waals surface area (Å²) in [6.45, 7) is 13.2. The van der Waals surface area contributed by atoms with Crippen molar-refractivity contribution >= 4 is 191 Å². The lowest BCUT2D eigenvalue weighted by atomic mass is 10.1. The van der Waals surface area contributed by atoms with Crippen molar-refractivity contribution < 1.29 is 96.7 Å². The summed E-state index contributed by atoms with van der Waals surface area (Å²) in [5.41, 5.74) is 11.5. The second kappa shape index (κ2) is 53.7. The number of thioether (sulfide) groups is 3. The quantitative estimate of drug-likeness (QED) is 0.0108. The Kier molecular flexibility index (Phi) is 40.7. The predicted octanol–water partition coefficient (Wildman–Crippen LogP) is 17.8. The number of rotatable bonds is 16. The standard InChI is InChI=1S/C27H28F2N6O4.C22H20F2N6O2.C13H9F2N3O2S.C12H9F2N3O2S.C11H16N2.C6H5F2N.C6H6N2O3S.CH2I2/c1-27(2,3)39-26(37)34-13-11-33(12-14-34)18-9-7-17(8-10-18)31-25-30-15-19-23(32-25)38-16-35(24(19)36)22-20(28)5-4-6-21(22)29;23-17-2-1-3-18(24)19(17)30-13-32-20-16(21(30)31)12-26-22(28-20)27-14-4-6-15(7-5-14)29-10-8-25-9-11-29;1-21-13-16-5-7-11(17-13)20-6-18(12(7)19)10-8(14)3-2-4-9(10)15;1-20-12-15-5-6(11(19)17-12)10(18)16-9-7(13)3-2-4-8(9)14;12-10-4-6-11(7-5-10)13-8-2-1-3-9-13;7-4-2-1-3-5(8)6(4)9;1-12-6-7-2-3(5(10)11)4(9)8-6;2-1-3/h4-10,15H,11-14,16H2,1-3H3,(H,30,31,32);1-7,12,25H,8-11,13H2,(H,26,27,28);2-5H,6H2,1H3;2-5H,1H3,(H,16,18)(H,15,17,19);4-7H,1-3,8-9,12H2;1-3H,9H2;2H,1H3,(H,10,11)(H,7,8,9);1H2. The monoisotopic (exact) mass is 2340 g/mol. The summed E-state index contributed by atoms with van der Waals surface area (Å²) in [6, 6.07) is 40.5. The van der Waals surface area contributed by atoms with Crippen LogP contribution in [0.3, 0.4) is 0 Å². The van der Waals surface area contributed by atoms with Gasteiger partial charge in [0.05, 0.1) is 2.43 Å². The number of piperazine rings is 2. The number of fused-ring (bicyclic) bond motifs is 3. The van der Waals surface area contributed by atoms with Crippen LogP contribution in [-0.2, 0) is 4.74 Å². The van der Waals surface area contributed by atoms with Crippen molar-refractivity contribution in [1.82, 2.24) is 60.1 Å². The number of benzene rings is 8. The number of carbonyl (C=O) groups is 6. The van der Waals surface area contributed by atoms with E-state index in [1.807, 2.05) is 86.8 Å². The second-order valence-electron chi connectivity index (χ2n) is 32.7. The molecule has 0 aliphatic carbocycles.